The first-order valence-electron chi connectivity index (χ1n) is 4.95. The first kappa shape index (κ1) is 13.8. The van der Waals surface area contributed by atoms with Crippen molar-refractivity contribution in [2.24, 2.45) is 0 Å². The van der Waals surface area contributed by atoms with E-state index in [-0.39, 0.29) is 5.97 Å². The number of thioether (sulfide) groups is 1. The maximum Gasteiger partial charge on any atom is 0.306 e. The maximum absolute atomic E-state index is 10.8. The molecule has 0 atom stereocenters. The van der Waals surface area contributed by atoms with Gasteiger partial charge in [0, 0.05) is 11.5 Å². The van der Waals surface area contributed by atoms with Crippen LogP contribution in [0.1, 0.15) is 33.1 Å². The van der Waals surface area contributed by atoms with Gasteiger partial charge in [0.25, 0.3) is 0 Å². The van der Waals surface area contributed by atoms with Gasteiger partial charge in [0.05, 0.1) is 19.1 Å². The number of methoxy groups -OCH3 is 1. The van der Waals surface area contributed by atoms with Crippen LogP contribution in [0.4, 0.5) is 0 Å². The minimum absolute atomic E-state index is 0.186. The second kappa shape index (κ2) is 7.12. The van der Waals surface area contributed by atoms with Crippen molar-refractivity contribution >= 4 is 17.7 Å². The Balaban J connectivity index is 3.57. The smallest absolute Gasteiger partial charge is 0.306 e. The van der Waals surface area contributed by atoms with E-state index in [4.69, 9.17) is 0 Å². The van der Waals surface area contributed by atoms with Crippen molar-refractivity contribution in [1.82, 2.24) is 0 Å². The molecule has 0 aromatic carbocycles. The van der Waals surface area contributed by atoms with Crippen LogP contribution in [0, 0.1) is 0 Å². The lowest BCUT2D eigenvalue weighted by Gasteiger charge is -2.24. The van der Waals surface area contributed by atoms with Crippen LogP contribution in [0.5, 0.6) is 0 Å². The van der Waals surface area contributed by atoms with Crippen LogP contribution < -0.4 is 0 Å². The molecule has 0 aliphatic rings. The number of carbonyl (C=O) groups is 1. The number of hydrogen-bond acceptors (Lipinski definition) is 4. The highest BCUT2D eigenvalue weighted by atomic mass is 32.2. The van der Waals surface area contributed by atoms with Gasteiger partial charge in [-0.3, -0.25) is 4.79 Å². The molecule has 0 aromatic rings. The molecule has 3 nitrogen and oxygen atoms in total. The molecule has 0 radical (unpaired) electrons. The molecule has 0 aromatic heterocycles. The lowest BCUT2D eigenvalue weighted by atomic mass is 10.0. The summed E-state index contributed by atoms with van der Waals surface area (Å²) in [6.07, 6.45) is 1.94. The van der Waals surface area contributed by atoms with Gasteiger partial charge in [-0.1, -0.05) is 13.8 Å². The fourth-order valence-corrected chi connectivity index (χ4v) is 2.22. The van der Waals surface area contributed by atoms with Crippen LogP contribution in [0.15, 0.2) is 0 Å². The maximum atomic E-state index is 10.8. The van der Waals surface area contributed by atoms with Crippen molar-refractivity contribution < 1.29 is 14.6 Å². The third kappa shape index (κ3) is 5.50. The third-order valence-corrected chi connectivity index (χ3v) is 3.60. The SMILES string of the molecule is CCC(O)(CC)CSCCC(=O)OC. The zero-order valence-corrected chi connectivity index (χ0v) is 10.0. The Morgan fingerprint density at radius 1 is 1.43 bits per heavy atom. The Labute approximate surface area is 90.2 Å². The first-order valence-corrected chi connectivity index (χ1v) is 6.10. The fraction of sp³-hybridized carbons (Fsp3) is 0.900. The van der Waals surface area contributed by atoms with E-state index < -0.39 is 5.60 Å². The molecule has 0 aliphatic carbocycles. The van der Waals surface area contributed by atoms with Crippen molar-refractivity contribution in [3.05, 3.63) is 0 Å². The monoisotopic (exact) mass is 220 g/mol. The van der Waals surface area contributed by atoms with Gasteiger partial charge in [0.1, 0.15) is 0 Å². The molecule has 14 heavy (non-hydrogen) atoms. The van der Waals surface area contributed by atoms with Crippen molar-refractivity contribution in [2.75, 3.05) is 18.6 Å². The summed E-state index contributed by atoms with van der Waals surface area (Å²) in [6, 6.07) is 0. The molecule has 1 N–H and O–H groups in total. The first-order chi connectivity index (χ1) is 6.58. The lowest BCUT2D eigenvalue weighted by molar-refractivity contribution is -0.140. The zero-order valence-electron chi connectivity index (χ0n) is 9.21. The molecule has 84 valence electrons. The average Bonchev–Trinajstić information content (AvgIpc) is 2.23. The van der Waals surface area contributed by atoms with Crippen molar-refractivity contribution in [2.45, 2.75) is 38.7 Å². The van der Waals surface area contributed by atoms with Crippen LogP contribution in [-0.4, -0.2) is 35.3 Å². The summed E-state index contributed by atoms with van der Waals surface area (Å²) >= 11 is 1.60. The highest BCUT2D eigenvalue weighted by molar-refractivity contribution is 7.99. The number of rotatable bonds is 7. The Kier molecular flexibility index (Phi) is 7.01. The van der Waals surface area contributed by atoms with Crippen LogP contribution in [0.2, 0.25) is 0 Å². The quantitative estimate of drug-likeness (QED) is 0.525. The molecule has 0 fully saturated rings. The Hall–Kier alpha value is -0.220. The predicted molar refractivity (Wildman–Crippen MR) is 59.5 cm³/mol. The number of carbonyl (C=O) groups excluding carboxylic acids is 1. The van der Waals surface area contributed by atoms with Gasteiger partial charge in [0.2, 0.25) is 0 Å². The number of esters is 1. The Morgan fingerprint density at radius 2 is 2.00 bits per heavy atom. The van der Waals surface area contributed by atoms with Crippen molar-refractivity contribution in [1.29, 1.82) is 0 Å². The Bertz CT molecular complexity index is 167. The van der Waals surface area contributed by atoms with Crippen molar-refractivity contribution in [3.8, 4) is 0 Å². The van der Waals surface area contributed by atoms with E-state index in [2.05, 4.69) is 4.74 Å². The van der Waals surface area contributed by atoms with Crippen LogP contribution in [-0.2, 0) is 9.53 Å². The largest absolute Gasteiger partial charge is 0.469 e. The van der Waals surface area contributed by atoms with Gasteiger partial charge in [-0.25, -0.2) is 0 Å². The second-order valence-corrected chi connectivity index (χ2v) is 4.42. The van der Waals surface area contributed by atoms with Gasteiger partial charge in [-0.2, -0.15) is 11.8 Å². The number of aliphatic hydroxyl groups is 1. The van der Waals surface area contributed by atoms with E-state index in [0.29, 0.717) is 12.2 Å². The van der Waals surface area contributed by atoms with Gasteiger partial charge in [-0.15, -0.1) is 0 Å². The van der Waals surface area contributed by atoms with Gasteiger partial charge in [-0.05, 0) is 12.8 Å². The van der Waals surface area contributed by atoms with E-state index in [1.807, 2.05) is 13.8 Å². The summed E-state index contributed by atoms with van der Waals surface area (Å²) in [7, 11) is 1.39. The molecule has 0 bridgehead atoms. The molecule has 0 unspecified atom stereocenters. The highest BCUT2D eigenvalue weighted by Crippen LogP contribution is 2.21. The summed E-state index contributed by atoms with van der Waals surface area (Å²) in [5.41, 5.74) is -0.569. The standard InChI is InChI=1S/C10H20O3S/c1-4-10(12,5-2)8-14-7-6-9(11)13-3/h12H,4-8H2,1-3H3. The van der Waals surface area contributed by atoms with E-state index >= 15 is 0 Å². The highest BCUT2D eigenvalue weighted by Gasteiger charge is 2.21. The number of hydrogen-bond donors (Lipinski definition) is 1. The minimum atomic E-state index is -0.569. The summed E-state index contributed by atoms with van der Waals surface area (Å²) in [4.78, 5) is 10.8. The predicted octanol–water partition coefficient (Wildman–Crippen LogP) is 1.83. The van der Waals surface area contributed by atoms with E-state index in [1.165, 1.54) is 7.11 Å². The van der Waals surface area contributed by atoms with Crippen LogP contribution >= 0.6 is 11.8 Å². The van der Waals surface area contributed by atoms with Crippen molar-refractivity contribution in [3.63, 3.8) is 0 Å². The summed E-state index contributed by atoms with van der Waals surface area (Å²) in [6.45, 7) is 3.95. The summed E-state index contributed by atoms with van der Waals surface area (Å²) in [5, 5.41) is 9.91. The minimum Gasteiger partial charge on any atom is -0.469 e. The molecule has 0 spiro atoms. The van der Waals surface area contributed by atoms with Crippen LogP contribution in [0.25, 0.3) is 0 Å². The molecule has 0 amide bonds. The van der Waals surface area contributed by atoms with Crippen LogP contribution in [0.3, 0.4) is 0 Å². The normalized spacial score (nSPS) is 11.4. The lowest BCUT2D eigenvalue weighted by Crippen LogP contribution is -2.29. The molecule has 0 saturated carbocycles. The molecule has 0 heterocycles. The molecule has 0 rings (SSSR count). The van der Waals surface area contributed by atoms with Gasteiger partial charge < -0.3 is 9.84 Å². The fourth-order valence-electron chi connectivity index (χ4n) is 0.974. The topological polar surface area (TPSA) is 46.5 Å². The summed E-state index contributed by atoms with van der Waals surface area (Å²) in [5.74, 6) is 1.22. The average molecular weight is 220 g/mol. The van der Waals surface area contributed by atoms with E-state index in [9.17, 15) is 9.90 Å². The van der Waals surface area contributed by atoms with E-state index in [0.717, 1.165) is 18.6 Å². The zero-order chi connectivity index (χ0) is 11.0. The second-order valence-electron chi connectivity index (χ2n) is 3.31. The molecular formula is C10H20O3S. The number of ether oxygens (including phenoxy) is 1. The Morgan fingerprint density at radius 3 is 2.43 bits per heavy atom. The van der Waals surface area contributed by atoms with Gasteiger partial charge >= 0.3 is 5.97 Å². The van der Waals surface area contributed by atoms with E-state index in [1.54, 1.807) is 11.8 Å². The molecule has 0 aliphatic heterocycles. The summed E-state index contributed by atoms with van der Waals surface area (Å²) < 4.78 is 4.52. The third-order valence-electron chi connectivity index (χ3n) is 2.37. The molecular weight excluding hydrogens is 200 g/mol. The molecule has 0 saturated heterocycles. The van der Waals surface area contributed by atoms with Gasteiger partial charge in [0.15, 0.2) is 0 Å². The molecule has 4 heteroatoms.